The average molecular weight is 662 g/mol. The van der Waals surface area contributed by atoms with Crippen LogP contribution in [-0.4, -0.2) is 30.4 Å². The van der Waals surface area contributed by atoms with E-state index in [1.54, 1.807) is 43.3 Å². The van der Waals surface area contributed by atoms with Crippen molar-refractivity contribution in [3.05, 3.63) is 90.8 Å². The number of aryl methyl sites for hydroxylation is 1. The molecule has 0 spiro atoms. The lowest BCUT2D eigenvalue weighted by Crippen LogP contribution is -2.54. The van der Waals surface area contributed by atoms with Crippen LogP contribution in [0.25, 0.3) is 6.08 Å². The molecule has 0 bridgehead atoms. The highest BCUT2D eigenvalue weighted by Gasteiger charge is 2.38. The minimum absolute atomic E-state index is 0.225. The van der Waals surface area contributed by atoms with Gasteiger partial charge in [0.05, 0.1) is 10.2 Å². The summed E-state index contributed by atoms with van der Waals surface area (Å²) in [4.78, 5) is 52.1. The van der Waals surface area contributed by atoms with Gasteiger partial charge in [0.2, 0.25) is 0 Å². The highest BCUT2D eigenvalue weighted by molar-refractivity contribution is 9.11. The quantitative estimate of drug-likeness (QED) is 0.243. The molecule has 2 N–H and O–H groups in total. The van der Waals surface area contributed by atoms with Crippen molar-refractivity contribution >= 4 is 84.7 Å². The van der Waals surface area contributed by atoms with Crippen LogP contribution in [0.1, 0.15) is 16.7 Å². The monoisotopic (exact) mass is 659 g/mol. The zero-order chi connectivity index (χ0) is 27.6. The van der Waals surface area contributed by atoms with Gasteiger partial charge in [-0.2, -0.15) is 0 Å². The van der Waals surface area contributed by atoms with E-state index >= 15 is 0 Å². The Bertz CT molecular complexity index is 1520. The first-order valence-electron chi connectivity index (χ1n) is 11.2. The third-order valence-corrected chi connectivity index (χ3v) is 7.02. The molecular formula is C27H20Br2ClN3O5. The predicted molar refractivity (Wildman–Crippen MR) is 152 cm³/mol. The number of barbiturate groups is 1. The molecule has 3 aromatic rings. The molecule has 1 heterocycles. The van der Waals surface area contributed by atoms with Crippen LogP contribution < -0.4 is 20.3 Å². The second-order valence-corrected chi connectivity index (χ2v) is 10.5. The molecule has 194 valence electrons. The second kappa shape index (κ2) is 11.5. The van der Waals surface area contributed by atoms with Gasteiger partial charge in [-0.3, -0.25) is 19.7 Å². The third kappa shape index (κ3) is 5.98. The van der Waals surface area contributed by atoms with Gasteiger partial charge in [0, 0.05) is 20.7 Å². The summed E-state index contributed by atoms with van der Waals surface area (Å²) in [5.74, 6) is -1.87. The van der Waals surface area contributed by atoms with Gasteiger partial charge in [-0.05, 0) is 83.4 Å². The zero-order valence-corrected chi connectivity index (χ0v) is 24.0. The summed E-state index contributed by atoms with van der Waals surface area (Å²) in [7, 11) is 0. The van der Waals surface area contributed by atoms with Gasteiger partial charge >= 0.3 is 6.03 Å². The summed E-state index contributed by atoms with van der Waals surface area (Å²) in [5.41, 5.74) is 2.39. The molecule has 8 nitrogen and oxygen atoms in total. The van der Waals surface area contributed by atoms with Crippen LogP contribution in [0.4, 0.5) is 16.2 Å². The van der Waals surface area contributed by atoms with E-state index < -0.39 is 23.8 Å². The molecule has 1 aliphatic rings. The summed E-state index contributed by atoms with van der Waals surface area (Å²) in [6, 6.07) is 14.6. The number of carbonyl (C=O) groups is 4. The lowest BCUT2D eigenvalue weighted by molar-refractivity contribution is -0.122. The molecule has 0 aliphatic carbocycles. The van der Waals surface area contributed by atoms with E-state index in [1.165, 1.54) is 6.08 Å². The molecule has 38 heavy (non-hydrogen) atoms. The van der Waals surface area contributed by atoms with Gasteiger partial charge in [-0.25, -0.2) is 9.69 Å². The molecule has 1 saturated heterocycles. The molecule has 11 heteroatoms. The summed E-state index contributed by atoms with van der Waals surface area (Å²) in [6.07, 6.45) is 1.31. The molecule has 4 rings (SSSR count). The highest BCUT2D eigenvalue weighted by atomic mass is 79.9. The number of anilines is 2. The maximum atomic E-state index is 13.4. The van der Waals surface area contributed by atoms with E-state index in [4.69, 9.17) is 16.3 Å². The van der Waals surface area contributed by atoms with Crippen LogP contribution in [0.2, 0.25) is 5.02 Å². The van der Waals surface area contributed by atoms with Gasteiger partial charge in [0.25, 0.3) is 17.7 Å². The Morgan fingerprint density at radius 1 is 1.08 bits per heavy atom. The van der Waals surface area contributed by atoms with E-state index in [1.807, 2.05) is 25.1 Å². The Morgan fingerprint density at radius 2 is 1.82 bits per heavy atom. The fraction of sp³-hybridized carbons (Fsp3) is 0.111. The van der Waals surface area contributed by atoms with Crippen LogP contribution in [0.15, 0.2) is 69.1 Å². The van der Waals surface area contributed by atoms with Crippen molar-refractivity contribution < 1.29 is 23.9 Å². The van der Waals surface area contributed by atoms with Crippen molar-refractivity contribution in [1.29, 1.82) is 0 Å². The lowest BCUT2D eigenvalue weighted by atomic mass is 10.0. The number of hydrogen-bond donors (Lipinski definition) is 2. The largest absolute Gasteiger partial charge is 0.482 e. The minimum atomic E-state index is -0.887. The number of halogens is 3. The SMILES string of the molecule is Cc1cccc(NC(=O)COc2c(Br)cc(Br)cc2/C=C2/C(=O)NC(=O)N(c3cccc(Cl)c3C)C2=O)c1. The van der Waals surface area contributed by atoms with Crippen LogP contribution in [0.3, 0.4) is 0 Å². The van der Waals surface area contributed by atoms with Gasteiger partial charge in [-0.1, -0.05) is 45.7 Å². The molecule has 1 fully saturated rings. The molecular weight excluding hydrogens is 642 g/mol. The number of carbonyl (C=O) groups excluding carboxylic acids is 4. The smallest absolute Gasteiger partial charge is 0.335 e. The second-order valence-electron chi connectivity index (χ2n) is 8.35. The standard InChI is InChI=1S/C27H20Br2ClN3O5/c1-14-5-3-6-18(9-14)31-23(34)13-38-24-16(10-17(28)12-20(24)29)11-19-25(35)32-27(37)33(26(19)36)22-8-4-7-21(30)15(22)2/h3-12H,13H2,1-2H3,(H,31,34)(H,32,35,37)/b19-11-. The average Bonchev–Trinajstić information content (AvgIpc) is 2.83. The molecule has 5 amide bonds. The molecule has 0 saturated carbocycles. The number of nitrogens with zero attached hydrogens (tertiary/aromatic N) is 1. The van der Waals surface area contributed by atoms with Crippen molar-refractivity contribution in [3.63, 3.8) is 0 Å². The van der Waals surface area contributed by atoms with Gasteiger partial charge in [0.1, 0.15) is 11.3 Å². The summed E-state index contributed by atoms with van der Waals surface area (Å²) < 4.78 is 6.90. The first-order valence-corrected chi connectivity index (χ1v) is 13.2. The highest BCUT2D eigenvalue weighted by Crippen LogP contribution is 2.36. The van der Waals surface area contributed by atoms with Crippen molar-refractivity contribution in [2.75, 3.05) is 16.8 Å². The van der Waals surface area contributed by atoms with Crippen molar-refractivity contribution in [2.24, 2.45) is 0 Å². The van der Waals surface area contributed by atoms with Gasteiger partial charge < -0.3 is 10.1 Å². The van der Waals surface area contributed by atoms with Gasteiger partial charge in [-0.15, -0.1) is 0 Å². The maximum Gasteiger partial charge on any atom is 0.335 e. The molecule has 0 radical (unpaired) electrons. The van der Waals surface area contributed by atoms with E-state index in [9.17, 15) is 19.2 Å². The Balaban J connectivity index is 1.65. The Labute approximate surface area is 240 Å². The van der Waals surface area contributed by atoms with Gasteiger partial charge in [0.15, 0.2) is 6.61 Å². The first-order chi connectivity index (χ1) is 18.0. The summed E-state index contributed by atoms with van der Waals surface area (Å²) >= 11 is 13.0. The van der Waals surface area contributed by atoms with Crippen LogP contribution in [-0.2, 0) is 14.4 Å². The normalized spacial score (nSPS) is 14.5. The molecule has 3 aromatic carbocycles. The number of urea groups is 1. The van der Waals surface area contributed by atoms with E-state index in [-0.39, 0.29) is 23.6 Å². The number of imide groups is 2. The van der Waals surface area contributed by atoms with Crippen molar-refractivity contribution in [1.82, 2.24) is 5.32 Å². The summed E-state index contributed by atoms with van der Waals surface area (Å²) in [6.45, 7) is 3.24. The van der Waals surface area contributed by atoms with E-state index in [0.717, 1.165) is 10.5 Å². The zero-order valence-electron chi connectivity index (χ0n) is 20.1. The fourth-order valence-electron chi connectivity index (χ4n) is 3.77. The predicted octanol–water partition coefficient (Wildman–Crippen LogP) is 6.17. The molecule has 0 unspecified atom stereocenters. The topological polar surface area (TPSA) is 105 Å². The Hall–Kier alpha value is -3.47. The van der Waals surface area contributed by atoms with Crippen molar-refractivity contribution in [3.8, 4) is 5.75 Å². The number of rotatable bonds is 6. The Kier molecular flexibility index (Phi) is 8.35. The maximum absolute atomic E-state index is 13.4. The minimum Gasteiger partial charge on any atom is -0.482 e. The van der Waals surface area contributed by atoms with Crippen LogP contribution in [0, 0.1) is 13.8 Å². The van der Waals surface area contributed by atoms with Crippen LogP contribution in [0.5, 0.6) is 5.75 Å². The van der Waals surface area contributed by atoms with E-state index in [0.29, 0.717) is 30.8 Å². The molecule has 0 aromatic heterocycles. The molecule has 1 aliphatic heterocycles. The number of nitrogens with one attached hydrogen (secondary N) is 2. The number of ether oxygens (including phenoxy) is 1. The Morgan fingerprint density at radius 3 is 2.55 bits per heavy atom. The first kappa shape index (κ1) is 27.6. The van der Waals surface area contributed by atoms with Crippen LogP contribution >= 0.6 is 43.5 Å². The number of hydrogen-bond acceptors (Lipinski definition) is 5. The van der Waals surface area contributed by atoms with E-state index in [2.05, 4.69) is 42.5 Å². The van der Waals surface area contributed by atoms with Crippen molar-refractivity contribution in [2.45, 2.75) is 13.8 Å². The lowest BCUT2D eigenvalue weighted by Gasteiger charge is -2.28. The summed E-state index contributed by atoms with van der Waals surface area (Å²) in [5, 5.41) is 5.32. The number of benzene rings is 3. The molecule has 0 atom stereocenters. The fourth-order valence-corrected chi connectivity index (χ4v) is 5.31. The number of amides is 5. The third-order valence-electron chi connectivity index (χ3n) is 5.57.